The number of carbonyl (C=O) groups is 2. The zero-order valence-corrected chi connectivity index (χ0v) is 24.3. The molecule has 4 aromatic rings. The zero-order chi connectivity index (χ0) is 29.0. The van der Waals surface area contributed by atoms with E-state index in [1.54, 1.807) is 31.2 Å². The Kier molecular flexibility index (Phi) is 8.68. The molecular weight excluding hydrogens is 541 g/mol. The van der Waals surface area contributed by atoms with Gasteiger partial charge in [-0.25, -0.2) is 9.13 Å². The smallest absolute Gasteiger partial charge is 0.328 e. The molecule has 10 heteroatoms. The third-order valence-corrected chi connectivity index (χ3v) is 8.84. The molecular formula is C31H35N3O6P+. The largest absolute Gasteiger partial charge is 0.489 e. The molecule has 1 aromatic heterocycles. The van der Waals surface area contributed by atoms with Crippen molar-refractivity contribution in [1.82, 2.24) is 9.47 Å². The second-order valence-corrected chi connectivity index (χ2v) is 11.9. The molecule has 1 atom stereocenters. The van der Waals surface area contributed by atoms with Gasteiger partial charge in [0.1, 0.15) is 18.9 Å². The summed E-state index contributed by atoms with van der Waals surface area (Å²) in [6, 6.07) is 22.7. The molecule has 5 rings (SSSR count). The predicted molar refractivity (Wildman–Crippen MR) is 155 cm³/mol. The highest BCUT2D eigenvalue weighted by Gasteiger charge is 2.38. The standard InChI is InChI=1S/C31H34N3O6P/c1-3-32-27-17-16-24(39-22-23-12-6-5-7-13-23)20-28(27)33(18-10-11-19-41(37,38)40-4-2)29(32)21-34-30(35)25-14-8-9-15-26(25)31(34)36/h5-9,12-17,20H,3-4,10-11,18-19,21-22H2,1-2H3/p+1. The minimum Gasteiger partial charge on any atom is -0.489 e. The van der Waals surface area contributed by atoms with E-state index in [1.165, 1.54) is 4.90 Å². The van der Waals surface area contributed by atoms with Crippen molar-refractivity contribution >= 4 is 30.4 Å². The molecule has 2 amide bonds. The van der Waals surface area contributed by atoms with Gasteiger partial charge < -0.3 is 14.2 Å². The topological polar surface area (TPSA) is 102 Å². The normalized spacial score (nSPS) is 14.5. The fourth-order valence-corrected chi connectivity index (χ4v) is 6.50. The number of ether oxygens (including phenoxy) is 1. The molecule has 1 N–H and O–H groups in total. The van der Waals surface area contributed by atoms with Crippen LogP contribution < -0.4 is 9.30 Å². The molecule has 0 bridgehead atoms. The van der Waals surface area contributed by atoms with Crippen molar-refractivity contribution in [2.24, 2.45) is 0 Å². The lowest BCUT2D eigenvalue weighted by molar-refractivity contribution is -0.677. The number of hydrogen-bond donors (Lipinski definition) is 1. The number of nitrogens with zero attached hydrogens (tertiary/aromatic N) is 3. The summed E-state index contributed by atoms with van der Waals surface area (Å²) in [6.07, 6.45) is 1.15. The van der Waals surface area contributed by atoms with Crippen LogP contribution in [0.1, 0.15) is 58.8 Å². The second-order valence-electron chi connectivity index (χ2n) is 9.96. The predicted octanol–water partition coefficient (Wildman–Crippen LogP) is 5.33. The van der Waals surface area contributed by atoms with Crippen LogP contribution >= 0.6 is 7.60 Å². The molecule has 1 aliphatic rings. The highest BCUT2D eigenvalue weighted by Crippen LogP contribution is 2.42. The molecule has 9 nitrogen and oxygen atoms in total. The van der Waals surface area contributed by atoms with E-state index in [-0.39, 0.29) is 31.1 Å². The lowest BCUT2D eigenvalue weighted by Gasteiger charge is -2.14. The minimum absolute atomic E-state index is 0.0625. The molecule has 0 aliphatic carbocycles. The van der Waals surface area contributed by atoms with Crippen LogP contribution in [0.4, 0.5) is 0 Å². The number of aromatic nitrogens is 2. The average molecular weight is 577 g/mol. The molecule has 0 fully saturated rings. The van der Waals surface area contributed by atoms with Gasteiger partial charge >= 0.3 is 7.60 Å². The van der Waals surface area contributed by atoms with E-state index >= 15 is 0 Å². The number of hydrogen-bond acceptors (Lipinski definition) is 5. The Morgan fingerprint density at radius 2 is 1.59 bits per heavy atom. The van der Waals surface area contributed by atoms with Crippen molar-refractivity contribution in [3.8, 4) is 5.75 Å². The van der Waals surface area contributed by atoms with Crippen LogP contribution in [0.3, 0.4) is 0 Å². The highest BCUT2D eigenvalue weighted by atomic mass is 31.2. The summed E-state index contributed by atoms with van der Waals surface area (Å²) >= 11 is 0. The Morgan fingerprint density at radius 3 is 2.24 bits per heavy atom. The lowest BCUT2D eigenvalue weighted by Crippen LogP contribution is -2.42. The maximum Gasteiger partial charge on any atom is 0.328 e. The van der Waals surface area contributed by atoms with E-state index in [0.717, 1.165) is 22.4 Å². The third-order valence-electron chi connectivity index (χ3n) is 7.30. The van der Waals surface area contributed by atoms with Crippen molar-refractivity contribution in [3.05, 3.63) is 95.3 Å². The van der Waals surface area contributed by atoms with E-state index in [0.29, 0.717) is 49.4 Å². The molecule has 1 aliphatic heterocycles. The van der Waals surface area contributed by atoms with Gasteiger partial charge in [0.05, 0.1) is 37.0 Å². The summed E-state index contributed by atoms with van der Waals surface area (Å²) in [7, 11) is -3.63. The summed E-state index contributed by atoms with van der Waals surface area (Å²) < 4.78 is 27.6. The SMILES string of the molecule is CCOP(=O)(O)CCCCn1c(CN2C(=O)c3ccccc3C2=O)[n+](CC)c2ccc(OCc3ccccc3)cc21. The number of aryl methyl sites for hydroxylation is 2. The molecule has 0 saturated heterocycles. The number of benzene rings is 3. The van der Waals surface area contributed by atoms with E-state index < -0.39 is 7.60 Å². The van der Waals surface area contributed by atoms with Gasteiger partial charge in [0.15, 0.2) is 11.0 Å². The monoisotopic (exact) mass is 576 g/mol. The number of carbonyl (C=O) groups excluding carboxylic acids is 2. The van der Waals surface area contributed by atoms with Gasteiger partial charge in [-0.05, 0) is 56.5 Å². The number of fused-ring (bicyclic) bond motifs is 2. The summed E-state index contributed by atoms with van der Waals surface area (Å²) in [6.45, 7) is 5.58. The maximum atomic E-state index is 13.2. The maximum absolute atomic E-state index is 13.2. The van der Waals surface area contributed by atoms with Crippen LogP contribution in [-0.4, -0.2) is 38.9 Å². The van der Waals surface area contributed by atoms with Gasteiger partial charge in [-0.3, -0.25) is 19.1 Å². The van der Waals surface area contributed by atoms with Crippen LogP contribution in [0.15, 0.2) is 72.8 Å². The molecule has 1 unspecified atom stereocenters. The molecule has 2 heterocycles. The quantitative estimate of drug-likeness (QED) is 0.100. The van der Waals surface area contributed by atoms with E-state index in [4.69, 9.17) is 9.26 Å². The van der Waals surface area contributed by atoms with Crippen LogP contribution in [0.5, 0.6) is 5.75 Å². The fourth-order valence-electron chi connectivity index (χ4n) is 5.35. The Hall–Kier alpha value is -3.78. The molecule has 0 saturated carbocycles. The van der Waals surface area contributed by atoms with Crippen molar-refractivity contribution in [2.75, 3.05) is 12.8 Å². The molecule has 0 radical (unpaired) electrons. The average Bonchev–Trinajstić information content (AvgIpc) is 3.40. The Bertz CT molecular complexity index is 1580. The van der Waals surface area contributed by atoms with Crippen molar-refractivity contribution in [1.29, 1.82) is 0 Å². The van der Waals surface area contributed by atoms with Gasteiger partial charge in [0.2, 0.25) is 0 Å². The first-order chi connectivity index (χ1) is 19.8. The van der Waals surface area contributed by atoms with Crippen LogP contribution in [0, 0.1) is 0 Å². The highest BCUT2D eigenvalue weighted by molar-refractivity contribution is 7.52. The van der Waals surface area contributed by atoms with E-state index in [2.05, 4.69) is 9.13 Å². The summed E-state index contributed by atoms with van der Waals surface area (Å²) in [5, 5.41) is 0. The second kappa shape index (κ2) is 12.4. The summed E-state index contributed by atoms with van der Waals surface area (Å²) in [5.74, 6) is 0.880. The van der Waals surface area contributed by atoms with Crippen LogP contribution in [0.2, 0.25) is 0 Å². The first kappa shape index (κ1) is 28.7. The number of unbranched alkanes of at least 4 members (excludes halogenated alkanes) is 1. The Morgan fingerprint density at radius 1 is 0.902 bits per heavy atom. The minimum atomic E-state index is -3.63. The number of rotatable bonds is 13. The van der Waals surface area contributed by atoms with Gasteiger partial charge in [-0.15, -0.1) is 0 Å². The summed E-state index contributed by atoms with van der Waals surface area (Å²) in [4.78, 5) is 37.8. The molecule has 3 aromatic carbocycles. The molecule has 214 valence electrons. The van der Waals surface area contributed by atoms with Gasteiger partial charge in [0, 0.05) is 6.07 Å². The third kappa shape index (κ3) is 6.12. The number of amides is 2. The molecule has 0 spiro atoms. The Balaban J connectivity index is 1.47. The van der Waals surface area contributed by atoms with Crippen LogP contribution in [-0.2, 0) is 35.3 Å². The van der Waals surface area contributed by atoms with Gasteiger partial charge in [0.25, 0.3) is 17.6 Å². The molecule has 41 heavy (non-hydrogen) atoms. The van der Waals surface area contributed by atoms with Crippen molar-refractivity contribution < 1.29 is 32.9 Å². The van der Waals surface area contributed by atoms with Crippen molar-refractivity contribution in [3.63, 3.8) is 0 Å². The first-order valence-electron chi connectivity index (χ1n) is 14.0. The number of imide groups is 1. The van der Waals surface area contributed by atoms with Crippen LogP contribution in [0.25, 0.3) is 11.0 Å². The first-order valence-corrected chi connectivity index (χ1v) is 15.7. The van der Waals surface area contributed by atoms with Crippen molar-refractivity contribution in [2.45, 2.75) is 52.9 Å². The van der Waals surface area contributed by atoms with Gasteiger partial charge in [-0.2, -0.15) is 0 Å². The summed E-state index contributed by atoms with van der Waals surface area (Å²) in [5.41, 5.74) is 3.74. The van der Waals surface area contributed by atoms with E-state index in [9.17, 15) is 19.0 Å². The van der Waals surface area contributed by atoms with E-state index in [1.807, 2.05) is 55.5 Å². The fraction of sp³-hybridized carbons (Fsp3) is 0.323. The van der Waals surface area contributed by atoms with Gasteiger partial charge in [-0.1, -0.05) is 42.5 Å². The zero-order valence-electron chi connectivity index (χ0n) is 23.4. The Labute approximate surface area is 239 Å². The lowest BCUT2D eigenvalue weighted by atomic mass is 10.1. The number of imidazole rings is 1.